The average Bonchev–Trinajstić information content (AvgIpc) is 3.20. The van der Waals surface area contributed by atoms with Crippen LogP contribution in [-0.2, 0) is 0 Å². The summed E-state index contributed by atoms with van der Waals surface area (Å²) in [7, 11) is 0. The molecule has 1 aromatic rings. The van der Waals surface area contributed by atoms with Gasteiger partial charge in [0, 0.05) is 17.8 Å². The van der Waals surface area contributed by atoms with E-state index >= 15 is 8.78 Å². The maximum atomic E-state index is 15.4. The Morgan fingerprint density at radius 3 is 2.57 bits per heavy atom. The van der Waals surface area contributed by atoms with Gasteiger partial charge in [-0.1, -0.05) is 31.2 Å². The van der Waals surface area contributed by atoms with Gasteiger partial charge in [-0.3, -0.25) is 4.98 Å². The van der Waals surface area contributed by atoms with E-state index in [4.69, 9.17) is 0 Å². The molecule has 1 heterocycles. The predicted molar refractivity (Wildman–Crippen MR) is 141 cm³/mol. The topological polar surface area (TPSA) is 53.4 Å². The summed E-state index contributed by atoms with van der Waals surface area (Å²) >= 11 is 0. The lowest BCUT2D eigenvalue weighted by Crippen LogP contribution is -2.60. The smallest absolute Gasteiger partial charge is 0.294 e. The molecular weight excluding hydrogens is 468 g/mol. The van der Waals surface area contributed by atoms with Crippen molar-refractivity contribution in [2.75, 3.05) is 0 Å². The van der Waals surface area contributed by atoms with Gasteiger partial charge in [0.2, 0.25) is 0 Å². The number of hydrogen-bond acceptors (Lipinski definition) is 3. The molecule has 3 nitrogen and oxygen atoms in total. The second-order valence-electron chi connectivity index (χ2n) is 12.8. The molecule has 5 heteroatoms. The van der Waals surface area contributed by atoms with Gasteiger partial charge in [-0.05, 0) is 129 Å². The molecule has 5 aliphatic carbocycles. The first kappa shape index (κ1) is 25.4. The molecule has 3 unspecified atom stereocenters. The van der Waals surface area contributed by atoms with Crippen LogP contribution >= 0.6 is 0 Å². The van der Waals surface area contributed by atoms with E-state index in [1.807, 2.05) is 25.4 Å². The fourth-order valence-electron chi connectivity index (χ4n) is 9.46. The zero-order chi connectivity index (χ0) is 26.0. The summed E-state index contributed by atoms with van der Waals surface area (Å²) < 4.78 is 30.8. The lowest BCUT2D eigenvalue weighted by Gasteiger charge is -2.57. The van der Waals surface area contributed by atoms with Gasteiger partial charge in [-0.2, -0.15) is 8.78 Å². The number of fused-ring (bicyclic) bond motifs is 4. The average molecular weight is 510 g/mol. The Bertz CT molecular complexity index is 1110. The third-order valence-electron chi connectivity index (χ3n) is 11.4. The lowest BCUT2D eigenvalue weighted by molar-refractivity contribution is -0.217. The highest BCUT2D eigenvalue weighted by molar-refractivity contribution is 5.45. The number of aromatic nitrogens is 1. The summed E-state index contributed by atoms with van der Waals surface area (Å²) in [5, 5.41) is 22.1. The molecule has 3 saturated carbocycles. The Balaban J connectivity index is 1.38. The number of pyridine rings is 1. The third kappa shape index (κ3) is 3.82. The van der Waals surface area contributed by atoms with Crippen molar-refractivity contribution < 1.29 is 19.0 Å². The molecule has 0 spiro atoms. The van der Waals surface area contributed by atoms with Crippen LogP contribution in [0.1, 0.15) is 89.0 Å². The monoisotopic (exact) mass is 509 g/mol. The Hall–Kier alpha value is -1.85. The first-order chi connectivity index (χ1) is 17.7. The molecule has 0 bridgehead atoms. The molecule has 0 amide bonds. The molecule has 6 atom stereocenters. The predicted octanol–water partition coefficient (Wildman–Crippen LogP) is 7.13. The zero-order valence-electron chi connectivity index (χ0n) is 22.0. The van der Waals surface area contributed by atoms with Crippen LogP contribution < -0.4 is 0 Å². The van der Waals surface area contributed by atoms with Crippen molar-refractivity contribution in [1.82, 2.24) is 4.98 Å². The number of allylic oxidation sites excluding steroid dienone is 3. The number of nitrogens with zero attached hydrogens (tertiary/aromatic N) is 1. The summed E-state index contributed by atoms with van der Waals surface area (Å²) in [6.45, 7) is 5.39. The first-order valence-corrected chi connectivity index (χ1v) is 14.4. The van der Waals surface area contributed by atoms with E-state index in [-0.39, 0.29) is 30.3 Å². The van der Waals surface area contributed by atoms with Crippen molar-refractivity contribution in [3.63, 3.8) is 0 Å². The fourth-order valence-corrected chi connectivity index (χ4v) is 9.46. The molecular formula is C32H41F2NO2. The van der Waals surface area contributed by atoms with Crippen molar-refractivity contribution in [1.29, 1.82) is 0 Å². The SMILES string of the molecule is C=CC(F)(F)[C@]1(O)CCC2C3CCC4=CC(O)CCC4=C3[C@@H](C3CCC(c4cccnc4)CC3)C[C@@]21C. The third-order valence-corrected chi connectivity index (χ3v) is 11.4. The molecule has 0 radical (unpaired) electrons. The summed E-state index contributed by atoms with van der Waals surface area (Å²) in [6.07, 6.45) is 15.4. The van der Waals surface area contributed by atoms with Crippen molar-refractivity contribution >= 4 is 0 Å². The molecule has 0 aliphatic heterocycles. The highest BCUT2D eigenvalue weighted by Crippen LogP contribution is 2.69. The summed E-state index contributed by atoms with van der Waals surface area (Å²) in [5.41, 5.74) is 2.65. The molecule has 0 saturated heterocycles. The Morgan fingerprint density at radius 2 is 1.86 bits per heavy atom. The van der Waals surface area contributed by atoms with Gasteiger partial charge < -0.3 is 10.2 Å². The molecule has 200 valence electrons. The van der Waals surface area contributed by atoms with E-state index in [2.05, 4.69) is 23.7 Å². The Kier molecular flexibility index (Phi) is 6.27. The molecule has 1 aromatic heterocycles. The van der Waals surface area contributed by atoms with Crippen LogP contribution in [0.3, 0.4) is 0 Å². The molecule has 2 N–H and O–H groups in total. The summed E-state index contributed by atoms with van der Waals surface area (Å²) in [4.78, 5) is 4.33. The Labute approximate surface area is 219 Å². The van der Waals surface area contributed by atoms with Crippen LogP contribution in [0.2, 0.25) is 0 Å². The van der Waals surface area contributed by atoms with E-state index in [1.165, 1.54) is 22.3 Å². The van der Waals surface area contributed by atoms with Crippen LogP contribution in [0.5, 0.6) is 0 Å². The molecule has 0 aromatic carbocycles. The van der Waals surface area contributed by atoms with Crippen molar-refractivity contribution in [3.8, 4) is 0 Å². The summed E-state index contributed by atoms with van der Waals surface area (Å²) in [6, 6.07) is 4.18. The summed E-state index contributed by atoms with van der Waals surface area (Å²) in [5.74, 6) is -1.85. The van der Waals surface area contributed by atoms with Crippen LogP contribution in [0.4, 0.5) is 8.78 Å². The minimum Gasteiger partial charge on any atom is -0.389 e. The van der Waals surface area contributed by atoms with Gasteiger partial charge in [0.25, 0.3) is 5.92 Å². The molecule has 6 rings (SSSR count). The van der Waals surface area contributed by atoms with Crippen LogP contribution in [0.15, 0.2) is 60.0 Å². The van der Waals surface area contributed by atoms with Gasteiger partial charge in [-0.25, -0.2) is 0 Å². The number of alkyl halides is 2. The zero-order valence-corrected chi connectivity index (χ0v) is 22.0. The minimum atomic E-state index is -3.31. The van der Waals surface area contributed by atoms with Gasteiger partial charge in [0.05, 0.1) is 6.10 Å². The molecule has 5 aliphatic rings. The highest BCUT2D eigenvalue weighted by Gasteiger charge is 2.70. The second kappa shape index (κ2) is 9.12. The normalized spacial score (nSPS) is 41.9. The van der Waals surface area contributed by atoms with E-state index in [1.54, 1.807) is 0 Å². The fraction of sp³-hybridized carbons (Fsp3) is 0.656. The first-order valence-electron chi connectivity index (χ1n) is 14.4. The van der Waals surface area contributed by atoms with Gasteiger partial charge in [0.15, 0.2) is 0 Å². The van der Waals surface area contributed by atoms with Gasteiger partial charge in [-0.15, -0.1) is 0 Å². The highest BCUT2D eigenvalue weighted by atomic mass is 19.3. The Morgan fingerprint density at radius 1 is 1.08 bits per heavy atom. The number of aliphatic hydroxyl groups excluding tert-OH is 1. The van der Waals surface area contributed by atoms with Crippen LogP contribution in [0, 0.1) is 29.1 Å². The van der Waals surface area contributed by atoms with E-state index in [9.17, 15) is 10.2 Å². The van der Waals surface area contributed by atoms with E-state index in [0.29, 0.717) is 30.8 Å². The number of halogens is 2. The van der Waals surface area contributed by atoms with Crippen molar-refractivity contribution in [2.45, 2.75) is 101 Å². The molecule has 3 fully saturated rings. The van der Waals surface area contributed by atoms with Crippen LogP contribution in [0.25, 0.3) is 0 Å². The maximum Gasteiger partial charge on any atom is 0.294 e. The minimum absolute atomic E-state index is 0.0576. The number of aliphatic hydroxyl groups is 2. The van der Waals surface area contributed by atoms with Crippen LogP contribution in [-0.4, -0.2) is 32.8 Å². The second-order valence-corrected chi connectivity index (χ2v) is 12.8. The van der Waals surface area contributed by atoms with Crippen molar-refractivity contribution in [3.05, 3.63) is 65.5 Å². The van der Waals surface area contributed by atoms with Crippen molar-refractivity contribution in [2.24, 2.45) is 29.1 Å². The standard InChI is InChI=1S/C32H41F2NO2/c1-3-32(33,34)31(37)15-14-28-26-12-10-22-17-24(36)11-13-25(22)29(26)27(18-30(28,31)2)21-8-6-20(7-9-21)23-5-4-16-35-19-23/h3-5,16-17,19-21,24,26-28,36-37H,1,6-15,18H2,2H3/t20?,21?,24?,26?,27-,28?,30+,31+/m1/s1. The van der Waals surface area contributed by atoms with Gasteiger partial charge >= 0.3 is 0 Å². The maximum absolute atomic E-state index is 15.4. The number of hydrogen-bond donors (Lipinski definition) is 2. The van der Waals surface area contributed by atoms with E-state index < -0.39 is 16.9 Å². The van der Waals surface area contributed by atoms with E-state index in [0.717, 1.165) is 51.4 Å². The largest absolute Gasteiger partial charge is 0.389 e. The molecule has 37 heavy (non-hydrogen) atoms. The number of rotatable bonds is 4. The van der Waals surface area contributed by atoms with Gasteiger partial charge in [0.1, 0.15) is 5.60 Å². The quantitative estimate of drug-likeness (QED) is 0.425. The lowest BCUT2D eigenvalue weighted by atomic mass is 9.49.